The smallest absolute Gasteiger partial charge is 0.325 e. The monoisotopic (exact) mass is 207 g/mol. The summed E-state index contributed by atoms with van der Waals surface area (Å²) >= 11 is 0. The Bertz CT molecular complexity index is 359. The maximum atomic E-state index is 10.6. The number of carboxylic acid groups (broad SMARTS) is 1. The van der Waals surface area contributed by atoms with Crippen molar-refractivity contribution in [2.75, 3.05) is 5.32 Å². The number of nitrogens with one attached hydrogen (secondary N) is 1. The fraction of sp³-hybridized carbons (Fsp3) is 0.500. The van der Waals surface area contributed by atoms with Gasteiger partial charge in [-0.05, 0) is 31.9 Å². The van der Waals surface area contributed by atoms with Crippen LogP contribution in [0.15, 0.2) is 12.1 Å². The van der Waals surface area contributed by atoms with Gasteiger partial charge in [0.1, 0.15) is 11.9 Å². The number of carbonyl (C=O) groups is 1. The lowest BCUT2D eigenvalue weighted by atomic mass is 10.3. The predicted molar refractivity (Wildman–Crippen MR) is 54.7 cm³/mol. The van der Waals surface area contributed by atoms with Crippen molar-refractivity contribution in [3.63, 3.8) is 0 Å². The van der Waals surface area contributed by atoms with Gasteiger partial charge in [0.25, 0.3) is 0 Å². The van der Waals surface area contributed by atoms with Gasteiger partial charge in [0.2, 0.25) is 0 Å². The van der Waals surface area contributed by atoms with Crippen LogP contribution in [0.1, 0.15) is 31.4 Å². The third kappa shape index (κ3) is 2.43. The highest BCUT2D eigenvalue weighted by Crippen LogP contribution is 2.38. The molecule has 1 atom stereocenters. The molecule has 0 bridgehead atoms. The maximum Gasteiger partial charge on any atom is 0.325 e. The van der Waals surface area contributed by atoms with Gasteiger partial charge in [0.05, 0.1) is 5.69 Å². The molecule has 5 nitrogen and oxygen atoms in total. The van der Waals surface area contributed by atoms with E-state index in [0.29, 0.717) is 11.7 Å². The van der Waals surface area contributed by atoms with E-state index in [2.05, 4.69) is 15.5 Å². The Kier molecular flexibility index (Phi) is 2.53. The Morgan fingerprint density at radius 3 is 2.73 bits per heavy atom. The van der Waals surface area contributed by atoms with Crippen LogP contribution in [0.25, 0.3) is 0 Å². The Balaban J connectivity index is 2.00. The number of aliphatic carboxylic acids is 1. The molecular weight excluding hydrogens is 194 g/mol. The number of hydrogen-bond donors (Lipinski definition) is 2. The highest BCUT2D eigenvalue weighted by molar-refractivity contribution is 5.76. The minimum atomic E-state index is -0.900. The summed E-state index contributed by atoms with van der Waals surface area (Å²) < 4.78 is 0. The van der Waals surface area contributed by atoms with Crippen LogP contribution < -0.4 is 5.32 Å². The van der Waals surface area contributed by atoms with Crippen molar-refractivity contribution in [3.8, 4) is 0 Å². The highest BCUT2D eigenvalue weighted by Gasteiger charge is 2.25. The normalized spacial score (nSPS) is 17.1. The summed E-state index contributed by atoms with van der Waals surface area (Å²) in [7, 11) is 0. The van der Waals surface area contributed by atoms with Crippen molar-refractivity contribution in [1.82, 2.24) is 10.2 Å². The number of hydrogen-bond acceptors (Lipinski definition) is 4. The molecule has 1 aliphatic carbocycles. The predicted octanol–water partition coefficient (Wildman–Crippen LogP) is 1.24. The molecule has 1 aromatic heterocycles. The number of nitrogens with zero attached hydrogens (tertiary/aromatic N) is 2. The first-order valence-corrected chi connectivity index (χ1v) is 5.00. The standard InChI is InChI=1S/C10H13N3O2/c1-6(10(14)15)11-9-5-4-8(12-13-9)7-2-3-7/h4-7H,2-3H2,1H3,(H,11,13)(H,14,15). The molecule has 0 aromatic carbocycles. The molecule has 1 unspecified atom stereocenters. The molecular formula is C10H13N3O2. The van der Waals surface area contributed by atoms with Crippen LogP contribution in [0.4, 0.5) is 5.82 Å². The van der Waals surface area contributed by atoms with Crippen LogP contribution in [0.3, 0.4) is 0 Å². The molecule has 1 fully saturated rings. The van der Waals surface area contributed by atoms with Gasteiger partial charge >= 0.3 is 5.97 Å². The van der Waals surface area contributed by atoms with Crippen LogP contribution in [-0.4, -0.2) is 27.3 Å². The molecule has 1 aromatic rings. The molecule has 2 N–H and O–H groups in total. The van der Waals surface area contributed by atoms with E-state index in [9.17, 15) is 4.79 Å². The second kappa shape index (κ2) is 3.84. The molecule has 1 saturated carbocycles. The highest BCUT2D eigenvalue weighted by atomic mass is 16.4. The van der Waals surface area contributed by atoms with Gasteiger partial charge in [-0.3, -0.25) is 4.79 Å². The topological polar surface area (TPSA) is 75.1 Å². The first-order valence-electron chi connectivity index (χ1n) is 5.00. The molecule has 5 heteroatoms. The van der Waals surface area contributed by atoms with Gasteiger partial charge < -0.3 is 10.4 Å². The Hall–Kier alpha value is -1.65. The zero-order valence-corrected chi connectivity index (χ0v) is 8.47. The molecule has 1 heterocycles. The van der Waals surface area contributed by atoms with E-state index in [1.807, 2.05) is 6.07 Å². The third-order valence-electron chi connectivity index (χ3n) is 2.42. The SMILES string of the molecule is CC(Nc1ccc(C2CC2)nn1)C(=O)O. The lowest BCUT2D eigenvalue weighted by Crippen LogP contribution is -2.26. The van der Waals surface area contributed by atoms with Crippen molar-refractivity contribution >= 4 is 11.8 Å². The molecule has 80 valence electrons. The quantitative estimate of drug-likeness (QED) is 0.776. The van der Waals surface area contributed by atoms with Crippen LogP contribution in [0, 0.1) is 0 Å². The van der Waals surface area contributed by atoms with Crippen molar-refractivity contribution in [2.45, 2.75) is 31.7 Å². The van der Waals surface area contributed by atoms with Crippen molar-refractivity contribution < 1.29 is 9.90 Å². The summed E-state index contributed by atoms with van der Waals surface area (Å²) in [6.07, 6.45) is 2.37. The number of rotatable bonds is 4. The number of aromatic nitrogens is 2. The fourth-order valence-corrected chi connectivity index (χ4v) is 1.30. The minimum absolute atomic E-state index is 0.509. The average molecular weight is 207 g/mol. The van der Waals surface area contributed by atoms with E-state index in [1.54, 1.807) is 13.0 Å². The van der Waals surface area contributed by atoms with Crippen LogP contribution in [0.5, 0.6) is 0 Å². The van der Waals surface area contributed by atoms with Crippen LogP contribution in [0.2, 0.25) is 0 Å². The third-order valence-corrected chi connectivity index (χ3v) is 2.42. The lowest BCUT2D eigenvalue weighted by molar-refractivity contribution is -0.137. The Morgan fingerprint density at radius 2 is 2.27 bits per heavy atom. The zero-order valence-electron chi connectivity index (χ0n) is 8.47. The van der Waals surface area contributed by atoms with Crippen molar-refractivity contribution in [3.05, 3.63) is 17.8 Å². The maximum absolute atomic E-state index is 10.6. The summed E-state index contributed by atoms with van der Waals surface area (Å²) in [6.45, 7) is 1.57. The van der Waals surface area contributed by atoms with Gasteiger partial charge in [-0.1, -0.05) is 0 Å². The lowest BCUT2D eigenvalue weighted by Gasteiger charge is -2.08. The van der Waals surface area contributed by atoms with Gasteiger partial charge in [-0.2, -0.15) is 5.10 Å². The number of carboxylic acids is 1. The summed E-state index contributed by atoms with van der Waals surface area (Å²) in [4.78, 5) is 10.6. The van der Waals surface area contributed by atoms with E-state index in [1.165, 1.54) is 12.8 Å². The number of anilines is 1. The molecule has 15 heavy (non-hydrogen) atoms. The summed E-state index contributed by atoms with van der Waals surface area (Å²) in [5.74, 6) is 0.181. The van der Waals surface area contributed by atoms with Crippen molar-refractivity contribution in [1.29, 1.82) is 0 Å². The molecule has 1 aliphatic rings. The first kappa shape index (κ1) is 9.89. The Morgan fingerprint density at radius 1 is 1.53 bits per heavy atom. The van der Waals surface area contributed by atoms with Gasteiger partial charge in [0, 0.05) is 5.92 Å². The van der Waals surface area contributed by atoms with E-state index in [4.69, 9.17) is 5.11 Å². The second-order valence-corrected chi connectivity index (χ2v) is 3.82. The molecule has 0 radical (unpaired) electrons. The molecule has 0 aliphatic heterocycles. The van der Waals surface area contributed by atoms with Crippen LogP contribution in [-0.2, 0) is 4.79 Å². The van der Waals surface area contributed by atoms with Crippen LogP contribution >= 0.6 is 0 Å². The van der Waals surface area contributed by atoms with Gasteiger partial charge in [-0.25, -0.2) is 0 Å². The summed E-state index contributed by atoms with van der Waals surface area (Å²) in [6, 6.07) is 3.04. The first-order chi connectivity index (χ1) is 7.16. The zero-order chi connectivity index (χ0) is 10.8. The summed E-state index contributed by atoms with van der Waals surface area (Å²) in [5, 5.41) is 19.4. The Labute approximate surface area is 87.5 Å². The van der Waals surface area contributed by atoms with E-state index in [-0.39, 0.29) is 0 Å². The average Bonchev–Trinajstić information content (AvgIpc) is 3.02. The molecule has 2 rings (SSSR count). The van der Waals surface area contributed by atoms with E-state index >= 15 is 0 Å². The van der Waals surface area contributed by atoms with Gasteiger partial charge in [-0.15, -0.1) is 5.10 Å². The van der Waals surface area contributed by atoms with E-state index in [0.717, 1.165) is 5.69 Å². The largest absolute Gasteiger partial charge is 0.480 e. The second-order valence-electron chi connectivity index (χ2n) is 3.82. The molecule has 0 spiro atoms. The minimum Gasteiger partial charge on any atom is -0.480 e. The van der Waals surface area contributed by atoms with Crippen molar-refractivity contribution in [2.24, 2.45) is 0 Å². The summed E-state index contributed by atoms with van der Waals surface area (Å²) in [5.41, 5.74) is 1.00. The van der Waals surface area contributed by atoms with E-state index < -0.39 is 12.0 Å². The molecule has 0 saturated heterocycles. The molecule has 0 amide bonds. The fourth-order valence-electron chi connectivity index (χ4n) is 1.30. The van der Waals surface area contributed by atoms with Gasteiger partial charge in [0.15, 0.2) is 0 Å².